The Morgan fingerprint density at radius 1 is 1.33 bits per heavy atom. The third kappa shape index (κ3) is 2.32. The molecule has 1 aliphatic heterocycles. The van der Waals surface area contributed by atoms with Crippen LogP contribution in [-0.4, -0.2) is 47.2 Å². The first-order chi connectivity index (χ1) is 7.20. The van der Waals surface area contributed by atoms with E-state index < -0.39 is 0 Å². The van der Waals surface area contributed by atoms with E-state index in [0.717, 1.165) is 38.1 Å². The second kappa shape index (κ2) is 4.49. The zero-order valence-corrected chi connectivity index (χ0v) is 9.52. The number of hydrogen-bond acceptors (Lipinski definition) is 4. The van der Waals surface area contributed by atoms with Gasteiger partial charge in [-0.3, -0.25) is 4.90 Å². The first-order valence-corrected chi connectivity index (χ1v) is 5.81. The van der Waals surface area contributed by atoms with Crippen LogP contribution in [0.4, 0.5) is 0 Å². The van der Waals surface area contributed by atoms with Crippen LogP contribution in [0.25, 0.3) is 0 Å². The maximum absolute atomic E-state index is 8.93. The first-order valence-electron chi connectivity index (χ1n) is 5.81. The molecule has 0 aromatic heterocycles. The van der Waals surface area contributed by atoms with Gasteiger partial charge in [-0.15, -0.1) is 0 Å². The van der Waals surface area contributed by atoms with Gasteiger partial charge in [-0.25, -0.2) is 0 Å². The Morgan fingerprint density at radius 2 is 2.00 bits per heavy atom. The van der Waals surface area contributed by atoms with E-state index in [2.05, 4.69) is 23.9 Å². The molecule has 2 rings (SSSR count). The molecule has 86 valence electrons. The fraction of sp³-hybridized carbons (Fsp3) is 0.909. The normalized spacial score (nSPS) is 41.2. The van der Waals surface area contributed by atoms with Gasteiger partial charge in [0, 0.05) is 13.1 Å². The van der Waals surface area contributed by atoms with Crippen molar-refractivity contribution in [3.63, 3.8) is 0 Å². The van der Waals surface area contributed by atoms with Gasteiger partial charge in [0.2, 0.25) is 0 Å². The molecule has 3 unspecified atom stereocenters. The minimum Gasteiger partial charge on any atom is -0.411 e. The number of hydrogen-bond donors (Lipinski definition) is 1. The molecule has 0 aromatic carbocycles. The zero-order valence-electron chi connectivity index (χ0n) is 9.52. The molecule has 0 aromatic rings. The summed E-state index contributed by atoms with van der Waals surface area (Å²) in [5, 5.41) is 12.4. The number of morpholine rings is 1. The van der Waals surface area contributed by atoms with Crippen LogP contribution in [0.3, 0.4) is 0 Å². The Morgan fingerprint density at radius 3 is 2.60 bits per heavy atom. The minimum absolute atomic E-state index is 0.286. The Kier molecular flexibility index (Phi) is 3.26. The van der Waals surface area contributed by atoms with E-state index in [0.29, 0.717) is 6.04 Å². The Labute approximate surface area is 90.9 Å². The summed E-state index contributed by atoms with van der Waals surface area (Å²) in [6, 6.07) is 0.351. The van der Waals surface area contributed by atoms with E-state index in [-0.39, 0.29) is 12.2 Å². The van der Waals surface area contributed by atoms with Crippen molar-refractivity contribution >= 4 is 5.71 Å². The van der Waals surface area contributed by atoms with Crippen molar-refractivity contribution < 1.29 is 9.94 Å². The van der Waals surface area contributed by atoms with Crippen LogP contribution in [0, 0.1) is 0 Å². The van der Waals surface area contributed by atoms with Gasteiger partial charge in [0.25, 0.3) is 0 Å². The molecule has 1 heterocycles. The van der Waals surface area contributed by atoms with E-state index in [9.17, 15) is 0 Å². The number of rotatable bonds is 1. The van der Waals surface area contributed by atoms with Gasteiger partial charge in [0.15, 0.2) is 0 Å². The summed E-state index contributed by atoms with van der Waals surface area (Å²) in [4.78, 5) is 2.40. The highest BCUT2D eigenvalue weighted by molar-refractivity contribution is 5.90. The molecule has 1 saturated carbocycles. The fourth-order valence-corrected chi connectivity index (χ4v) is 2.79. The van der Waals surface area contributed by atoms with Crippen LogP contribution in [0.1, 0.15) is 33.1 Å². The van der Waals surface area contributed by atoms with Crippen molar-refractivity contribution in [3.05, 3.63) is 0 Å². The summed E-state index contributed by atoms with van der Waals surface area (Å²) in [5.74, 6) is 0. The molecule has 1 saturated heterocycles. The Balaban J connectivity index is 2.03. The van der Waals surface area contributed by atoms with Gasteiger partial charge in [-0.1, -0.05) is 5.16 Å². The third-order valence-electron chi connectivity index (χ3n) is 3.31. The van der Waals surface area contributed by atoms with Crippen molar-refractivity contribution in [2.75, 3.05) is 13.1 Å². The van der Waals surface area contributed by atoms with Gasteiger partial charge in [0.1, 0.15) is 0 Å². The largest absolute Gasteiger partial charge is 0.411 e. The molecule has 15 heavy (non-hydrogen) atoms. The topological polar surface area (TPSA) is 45.1 Å². The Hall–Kier alpha value is -0.610. The molecule has 1 aliphatic carbocycles. The maximum atomic E-state index is 8.93. The summed E-state index contributed by atoms with van der Waals surface area (Å²) in [6.07, 6.45) is 3.79. The average Bonchev–Trinajstić information content (AvgIpc) is 2.63. The summed E-state index contributed by atoms with van der Waals surface area (Å²) in [7, 11) is 0. The molecule has 0 radical (unpaired) electrons. The molecule has 1 N–H and O–H groups in total. The van der Waals surface area contributed by atoms with Crippen LogP contribution in [0.5, 0.6) is 0 Å². The van der Waals surface area contributed by atoms with Gasteiger partial charge >= 0.3 is 0 Å². The third-order valence-corrected chi connectivity index (χ3v) is 3.31. The summed E-state index contributed by atoms with van der Waals surface area (Å²) in [6.45, 7) is 6.11. The smallest absolute Gasteiger partial charge is 0.0742 e. The number of ether oxygens (including phenoxy) is 1. The van der Waals surface area contributed by atoms with Gasteiger partial charge in [-0.05, 0) is 33.1 Å². The van der Waals surface area contributed by atoms with Crippen LogP contribution in [-0.2, 0) is 4.74 Å². The molecule has 3 atom stereocenters. The predicted octanol–water partition coefficient (Wildman–Crippen LogP) is 1.48. The van der Waals surface area contributed by atoms with Crippen LogP contribution in [0.2, 0.25) is 0 Å². The van der Waals surface area contributed by atoms with Crippen LogP contribution in [0.15, 0.2) is 5.16 Å². The fourth-order valence-electron chi connectivity index (χ4n) is 2.79. The van der Waals surface area contributed by atoms with E-state index in [1.165, 1.54) is 0 Å². The van der Waals surface area contributed by atoms with Crippen molar-refractivity contribution in [1.82, 2.24) is 4.90 Å². The predicted molar refractivity (Wildman–Crippen MR) is 58.4 cm³/mol. The van der Waals surface area contributed by atoms with Gasteiger partial charge in [-0.2, -0.15) is 0 Å². The lowest BCUT2D eigenvalue weighted by Gasteiger charge is -2.38. The van der Waals surface area contributed by atoms with E-state index in [1.54, 1.807) is 0 Å². The maximum Gasteiger partial charge on any atom is 0.0742 e. The second-order valence-corrected chi connectivity index (χ2v) is 4.71. The summed E-state index contributed by atoms with van der Waals surface area (Å²) in [5.41, 5.74) is 0.955. The first kappa shape index (κ1) is 10.9. The second-order valence-electron chi connectivity index (χ2n) is 4.71. The highest BCUT2D eigenvalue weighted by Crippen LogP contribution is 2.24. The number of nitrogens with zero attached hydrogens (tertiary/aromatic N) is 2. The molecule has 0 amide bonds. The SMILES string of the molecule is CC1CN(C2CCC/C2=N/O)CC(C)O1. The molecular formula is C11H20N2O2. The van der Waals surface area contributed by atoms with Crippen molar-refractivity contribution in [3.8, 4) is 0 Å². The molecule has 4 heteroatoms. The van der Waals surface area contributed by atoms with E-state index >= 15 is 0 Å². The minimum atomic E-state index is 0.286. The molecular weight excluding hydrogens is 192 g/mol. The zero-order chi connectivity index (χ0) is 10.8. The van der Waals surface area contributed by atoms with Crippen molar-refractivity contribution in [1.29, 1.82) is 0 Å². The molecule has 4 nitrogen and oxygen atoms in total. The molecule has 2 fully saturated rings. The lowest BCUT2D eigenvalue weighted by Crippen LogP contribution is -2.51. The summed E-state index contributed by atoms with van der Waals surface area (Å²) < 4.78 is 5.70. The lowest BCUT2D eigenvalue weighted by molar-refractivity contribution is -0.0733. The molecule has 0 spiro atoms. The monoisotopic (exact) mass is 212 g/mol. The van der Waals surface area contributed by atoms with E-state index in [4.69, 9.17) is 9.94 Å². The van der Waals surface area contributed by atoms with Gasteiger partial charge < -0.3 is 9.94 Å². The van der Waals surface area contributed by atoms with Gasteiger partial charge in [0.05, 0.1) is 24.0 Å². The molecule has 0 bridgehead atoms. The van der Waals surface area contributed by atoms with E-state index in [1.807, 2.05) is 0 Å². The van der Waals surface area contributed by atoms with Crippen molar-refractivity contribution in [2.24, 2.45) is 5.16 Å². The average molecular weight is 212 g/mol. The molecule has 2 aliphatic rings. The van der Waals surface area contributed by atoms with Crippen LogP contribution < -0.4 is 0 Å². The Bertz CT molecular complexity index is 245. The number of oxime groups is 1. The highest BCUT2D eigenvalue weighted by Gasteiger charge is 2.33. The lowest BCUT2D eigenvalue weighted by atomic mass is 10.1. The van der Waals surface area contributed by atoms with Crippen LogP contribution >= 0.6 is 0 Å². The highest BCUT2D eigenvalue weighted by atomic mass is 16.5. The summed E-state index contributed by atoms with van der Waals surface area (Å²) >= 11 is 0. The van der Waals surface area contributed by atoms with Crippen molar-refractivity contribution in [2.45, 2.75) is 51.4 Å². The quantitative estimate of drug-likeness (QED) is 0.529. The standard InChI is InChI=1S/C11H20N2O2/c1-8-6-13(7-9(2)15-8)11-5-3-4-10(11)12-14/h8-9,11,14H,3-7H2,1-2H3/b12-10-.